The maximum absolute atomic E-state index is 12.9. The van der Waals surface area contributed by atoms with Gasteiger partial charge in [-0.05, 0) is 12.0 Å². The zero-order chi connectivity index (χ0) is 20.9. The Morgan fingerprint density at radius 2 is 1.72 bits per heavy atom. The Morgan fingerprint density at radius 3 is 2.38 bits per heavy atom. The molecule has 8 nitrogen and oxygen atoms in total. The molecular weight excluding hydrogens is 368 g/mol. The minimum absolute atomic E-state index is 0.162. The summed E-state index contributed by atoms with van der Waals surface area (Å²) in [6.07, 6.45) is 0.794. The lowest BCUT2D eigenvalue weighted by molar-refractivity contribution is 0.549. The Hall–Kier alpha value is -3.16. The molecule has 0 bridgehead atoms. The summed E-state index contributed by atoms with van der Waals surface area (Å²) in [5.41, 5.74) is 2.12. The van der Waals surface area contributed by atoms with Crippen molar-refractivity contribution in [3.63, 3.8) is 0 Å². The number of hydrazone groups is 1. The van der Waals surface area contributed by atoms with Gasteiger partial charge in [-0.15, -0.1) is 0 Å². The molecule has 1 aliphatic rings. The van der Waals surface area contributed by atoms with E-state index in [4.69, 9.17) is 5.10 Å². The van der Waals surface area contributed by atoms with Crippen molar-refractivity contribution in [2.45, 2.75) is 33.7 Å². The van der Waals surface area contributed by atoms with E-state index in [1.807, 2.05) is 27.8 Å². The van der Waals surface area contributed by atoms with Gasteiger partial charge in [0.05, 0.1) is 12.3 Å². The van der Waals surface area contributed by atoms with Crippen molar-refractivity contribution in [1.29, 1.82) is 0 Å². The van der Waals surface area contributed by atoms with Crippen LogP contribution in [0.25, 0.3) is 11.2 Å². The Kier molecular flexibility index (Phi) is 4.44. The number of imidazole rings is 1. The average Bonchev–Trinajstić information content (AvgIpc) is 3.09. The minimum Gasteiger partial charge on any atom is -0.297 e. The molecule has 8 heteroatoms. The first-order chi connectivity index (χ1) is 13.7. The van der Waals surface area contributed by atoms with Crippen molar-refractivity contribution in [2.24, 2.45) is 24.6 Å². The van der Waals surface area contributed by atoms with Gasteiger partial charge < -0.3 is 0 Å². The highest BCUT2D eigenvalue weighted by Gasteiger charge is 2.31. The van der Waals surface area contributed by atoms with E-state index in [-0.39, 0.29) is 16.7 Å². The highest BCUT2D eigenvalue weighted by molar-refractivity contribution is 5.93. The van der Waals surface area contributed by atoms with Crippen LogP contribution in [0.3, 0.4) is 0 Å². The number of fused-ring (bicyclic) bond motifs is 3. The van der Waals surface area contributed by atoms with Crippen LogP contribution in [0.2, 0.25) is 0 Å². The third-order valence-electron chi connectivity index (χ3n) is 5.43. The van der Waals surface area contributed by atoms with E-state index in [2.05, 4.69) is 37.9 Å². The molecule has 0 aliphatic carbocycles. The summed E-state index contributed by atoms with van der Waals surface area (Å²) in [4.78, 5) is 29.9. The summed E-state index contributed by atoms with van der Waals surface area (Å²) >= 11 is 0. The van der Waals surface area contributed by atoms with Gasteiger partial charge in [0.25, 0.3) is 5.56 Å². The monoisotopic (exact) mass is 394 g/mol. The fourth-order valence-electron chi connectivity index (χ4n) is 3.57. The van der Waals surface area contributed by atoms with Crippen LogP contribution in [0.4, 0.5) is 5.95 Å². The molecule has 0 atom stereocenters. The van der Waals surface area contributed by atoms with Crippen LogP contribution in [0, 0.1) is 5.41 Å². The smallest absolute Gasteiger partial charge is 0.297 e. The van der Waals surface area contributed by atoms with Crippen LogP contribution in [0.5, 0.6) is 0 Å². The van der Waals surface area contributed by atoms with Crippen LogP contribution in [-0.4, -0.2) is 30.9 Å². The summed E-state index contributed by atoms with van der Waals surface area (Å²) in [5.74, 6) is 0.599. The molecule has 3 aromatic rings. The lowest BCUT2D eigenvalue weighted by Crippen LogP contribution is -2.39. The molecule has 0 amide bonds. The van der Waals surface area contributed by atoms with Crippen LogP contribution in [0.1, 0.15) is 26.3 Å². The SMILES string of the molecule is Cn1c(=O)c2c(nc3n2CC(C(C)(C)C)=NN3CCc2ccccc2)n(C)c1=O. The summed E-state index contributed by atoms with van der Waals surface area (Å²) in [5, 5.41) is 6.74. The molecule has 1 aliphatic heterocycles. The Labute approximate surface area is 168 Å². The molecule has 1 aromatic carbocycles. The molecule has 0 N–H and O–H groups in total. The second-order valence-corrected chi connectivity index (χ2v) is 8.53. The number of nitrogens with zero attached hydrogens (tertiary/aromatic N) is 6. The van der Waals surface area contributed by atoms with Crippen LogP contribution >= 0.6 is 0 Å². The third-order valence-corrected chi connectivity index (χ3v) is 5.43. The first kappa shape index (κ1) is 19.2. The second kappa shape index (κ2) is 6.72. The van der Waals surface area contributed by atoms with E-state index in [1.165, 1.54) is 17.2 Å². The van der Waals surface area contributed by atoms with E-state index in [1.54, 1.807) is 7.05 Å². The molecule has 29 heavy (non-hydrogen) atoms. The van der Waals surface area contributed by atoms with Gasteiger partial charge in [0.2, 0.25) is 5.95 Å². The third kappa shape index (κ3) is 3.18. The Bertz CT molecular complexity index is 1220. The maximum atomic E-state index is 12.9. The molecule has 0 saturated carbocycles. The van der Waals surface area contributed by atoms with E-state index in [0.717, 1.165) is 16.7 Å². The number of aryl methyl sites for hydroxylation is 1. The standard InChI is InChI=1S/C21H26N6O2/c1-21(2,3)15-13-26-16-17(24(4)20(29)25(5)18(16)28)22-19(26)27(23-15)12-11-14-9-7-6-8-10-14/h6-10H,11-13H2,1-5H3. The van der Waals surface area contributed by atoms with Crippen molar-refractivity contribution in [3.05, 3.63) is 56.7 Å². The van der Waals surface area contributed by atoms with Gasteiger partial charge in [-0.2, -0.15) is 10.1 Å². The molecule has 3 heterocycles. The topological polar surface area (TPSA) is 77.4 Å². The van der Waals surface area contributed by atoms with Gasteiger partial charge in [0.15, 0.2) is 11.2 Å². The van der Waals surface area contributed by atoms with Crippen LogP contribution < -0.4 is 16.3 Å². The lowest BCUT2D eigenvalue weighted by atomic mass is 9.89. The van der Waals surface area contributed by atoms with Crippen molar-refractivity contribution in [3.8, 4) is 0 Å². The minimum atomic E-state index is -0.384. The lowest BCUT2D eigenvalue weighted by Gasteiger charge is -2.31. The van der Waals surface area contributed by atoms with Gasteiger partial charge in [-0.25, -0.2) is 9.80 Å². The average molecular weight is 394 g/mol. The van der Waals surface area contributed by atoms with Crippen molar-refractivity contribution < 1.29 is 0 Å². The van der Waals surface area contributed by atoms with Gasteiger partial charge in [-0.3, -0.25) is 18.5 Å². The number of hydrogen-bond donors (Lipinski definition) is 0. The summed E-state index contributed by atoms with van der Waals surface area (Å²) in [7, 11) is 3.14. The Morgan fingerprint density at radius 1 is 1.03 bits per heavy atom. The second-order valence-electron chi connectivity index (χ2n) is 8.53. The summed E-state index contributed by atoms with van der Waals surface area (Å²) in [6.45, 7) is 7.43. The van der Waals surface area contributed by atoms with Crippen molar-refractivity contribution in [1.82, 2.24) is 18.7 Å². The fourth-order valence-corrected chi connectivity index (χ4v) is 3.57. The van der Waals surface area contributed by atoms with Crippen LogP contribution in [-0.2, 0) is 27.1 Å². The van der Waals surface area contributed by atoms with E-state index < -0.39 is 0 Å². The van der Waals surface area contributed by atoms with Gasteiger partial charge in [0.1, 0.15) is 0 Å². The largest absolute Gasteiger partial charge is 0.332 e. The van der Waals surface area contributed by atoms with E-state index in [0.29, 0.717) is 30.2 Å². The van der Waals surface area contributed by atoms with Gasteiger partial charge in [-0.1, -0.05) is 51.1 Å². The first-order valence-corrected chi connectivity index (χ1v) is 9.74. The molecule has 152 valence electrons. The van der Waals surface area contributed by atoms with Gasteiger partial charge >= 0.3 is 5.69 Å². The van der Waals surface area contributed by atoms with Gasteiger partial charge in [0, 0.05) is 26.1 Å². The summed E-state index contributed by atoms with van der Waals surface area (Å²) < 4.78 is 4.46. The molecular formula is C21H26N6O2. The maximum Gasteiger partial charge on any atom is 0.332 e. The predicted octanol–water partition coefficient (Wildman–Crippen LogP) is 1.90. The molecule has 0 spiro atoms. The zero-order valence-corrected chi connectivity index (χ0v) is 17.5. The number of aromatic nitrogens is 4. The molecule has 0 fully saturated rings. The van der Waals surface area contributed by atoms with E-state index in [9.17, 15) is 9.59 Å². The predicted molar refractivity (Wildman–Crippen MR) is 115 cm³/mol. The highest BCUT2D eigenvalue weighted by atomic mass is 16.2. The van der Waals surface area contributed by atoms with E-state index >= 15 is 0 Å². The quantitative estimate of drug-likeness (QED) is 0.680. The molecule has 4 rings (SSSR count). The number of anilines is 1. The van der Waals surface area contributed by atoms with Crippen molar-refractivity contribution in [2.75, 3.05) is 11.6 Å². The normalized spacial score (nSPS) is 14.2. The molecule has 0 unspecified atom stereocenters. The van der Waals surface area contributed by atoms with Crippen molar-refractivity contribution >= 4 is 22.8 Å². The number of hydrogen-bond acceptors (Lipinski definition) is 5. The number of benzene rings is 1. The zero-order valence-electron chi connectivity index (χ0n) is 17.5. The molecule has 2 aromatic heterocycles. The number of rotatable bonds is 3. The Balaban J connectivity index is 1.87. The fraction of sp³-hybridized carbons (Fsp3) is 0.429. The molecule has 0 saturated heterocycles. The first-order valence-electron chi connectivity index (χ1n) is 9.74. The summed E-state index contributed by atoms with van der Waals surface area (Å²) in [6, 6.07) is 10.2. The van der Waals surface area contributed by atoms with Crippen LogP contribution in [0.15, 0.2) is 45.0 Å². The highest BCUT2D eigenvalue weighted by Crippen LogP contribution is 2.29. The molecule has 0 radical (unpaired) electrons.